The van der Waals surface area contributed by atoms with Gasteiger partial charge in [0.05, 0.1) is 0 Å². The molecule has 0 aliphatic carbocycles. The van der Waals surface area contributed by atoms with E-state index in [0.29, 0.717) is 22.6 Å². The molecule has 0 atom stereocenters. The first kappa shape index (κ1) is 18.0. The van der Waals surface area contributed by atoms with E-state index in [1.165, 1.54) is 16.9 Å². The quantitative estimate of drug-likeness (QED) is 0.553. The van der Waals surface area contributed by atoms with E-state index in [4.69, 9.17) is 0 Å². The zero-order valence-electron chi connectivity index (χ0n) is 15.4. The van der Waals surface area contributed by atoms with Gasteiger partial charge in [-0.2, -0.15) is 0 Å². The molecule has 4 aromatic rings. The maximum absolute atomic E-state index is 12.5. The summed E-state index contributed by atoms with van der Waals surface area (Å²) < 4.78 is 1.74. The number of aromatic nitrogens is 5. The van der Waals surface area contributed by atoms with Crippen LogP contribution in [-0.2, 0) is 0 Å². The monoisotopic (exact) mass is 390 g/mol. The van der Waals surface area contributed by atoms with Gasteiger partial charge >= 0.3 is 0 Å². The number of amides is 1. The van der Waals surface area contributed by atoms with Gasteiger partial charge in [-0.25, -0.2) is 9.97 Å². The third-order valence-corrected chi connectivity index (χ3v) is 5.09. The molecular weight excluding hydrogens is 372 g/mol. The number of nitrogens with one attached hydrogen (secondary N) is 1. The molecule has 0 spiro atoms. The van der Waals surface area contributed by atoms with Crippen molar-refractivity contribution in [3.05, 3.63) is 72.4 Å². The lowest BCUT2D eigenvalue weighted by Gasteiger charge is -2.05. The van der Waals surface area contributed by atoms with Crippen molar-refractivity contribution in [2.24, 2.45) is 0 Å². The second kappa shape index (κ2) is 7.69. The first-order valence-electron chi connectivity index (χ1n) is 8.81. The second-order valence-corrected chi connectivity index (χ2v) is 7.47. The Bertz CT molecular complexity index is 1090. The highest BCUT2D eigenvalue weighted by Gasteiger charge is 2.13. The van der Waals surface area contributed by atoms with Crippen molar-refractivity contribution in [2.45, 2.75) is 19.8 Å². The van der Waals surface area contributed by atoms with Crippen LogP contribution < -0.4 is 5.32 Å². The predicted molar refractivity (Wildman–Crippen MR) is 109 cm³/mol. The number of rotatable bonds is 5. The number of carbonyl (C=O) groups is 1. The molecule has 3 heterocycles. The number of benzene rings is 1. The van der Waals surface area contributed by atoms with Gasteiger partial charge in [0.2, 0.25) is 5.13 Å². The van der Waals surface area contributed by atoms with Gasteiger partial charge in [0.25, 0.3) is 5.91 Å². The number of nitrogens with zero attached hydrogens (tertiary/aromatic N) is 5. The van der Waals surface area contributed by atoms with Crippen molar-refractivity contribution in [2.75, 3.05) is 5.32 Å². The lowest BCUT2D eigenvalue weighted by atomic mass is 10.0. The summed E-state index contributed by atoms with van der Waals surface area (Å²) in [5.74, 6) is 0.761. The van der Waals surface area contributed by atoms with E-state index in [0.717, 1.165) is 10.6 Å². The first-order valence-corrected chi connectivity index (χ1v) is 9.62. The fourth-order valence-electron chi connectivity index (χ4n) is 2.65. The fourth-order valence-corrected chi connectivity index (χ4v) is 3.39. The number of carbonyl (C=O) groups excluding carboxylic acids is 1. The van der Waals surface area contributed by atoms with E-state index < -0.39 is 0 Å². The summed E-state index contributed by atoms with van der Waals surface area (Å²) >= 11 is 1.33. The standard InChI is InChI=1S/C20H18N6OS/c1-13(2)14-6-8-15(9-7-14)19-24-25-20(28-19)23-18(27)16-4-3-5-17(22-16)26-11-10-21-12-26/h3-13H,1-2H3,(H,23,25,27). The van der Waals surface area contributed by atoms with Crippen LogP contribution >= 0.6 is 11.3 Å². The molecule has 0 radical (unpaired) electrons. The average molecular weight is 390 g/mol. The second-order valence-electron chi connectivity index (χ2n) is 6.49. The van der Waals surface area contributed by atoms with E-state index in [2.05, 4.69) is 51.5 Å². The van der Waals surface area contributed by atoms with Gasteiger partial charge in [-0.15, -0.1) is 10.2 Å². The van der Waals surface area contributed by atoms with Crippen LogP contribution in [0.5, 0.6) is 0 Å². The summed E-state index contributed by atoms with van der Waals surface area (Å²) in [4.78, 5) is 20.9. The Kier molecular flexibility index (Phi) is 4.94. The highest BCUT2D eigenvalue weighted by molar-refractivity contribution is 7.18. The van der Waals surface area contributed by atoms with Crippen molar-refractivity contribution in [3.63, 3.8) is 0 Å². The van der Waals surface area contributed by atoms with Crippen LogP contribution in [0.25, 0.3) is 16.4 Å². The Morgan fingerprint density at radius 2 is 1.93 bits per heavy atom. The Labute approximate surface area is 166 Å². The minimum absolute atomic E-state index is 0.296. The Morgan fingerprint density at radius 1 is 1.11 bits per heavy atom. The minimum atomic E-state index is -0.333. The number of anilines is 1. The summed E-state index contributed by atoms with van der Waals surface area (Å²) in [6, 6.07) is 13.5. The third kappa shape index (κ3) is 3.81. The molecule has 0 aliphatic heterocycles. The van der Waals surface area contributed by atoms with E-state index in [-0.39, 0.29) is 5.91 Å². The summed E-state index contributed by atoms with van der Waals surface area (Å²) in [7, 11) is 0. The van der Waals surface area contributed by atoms with Crippen molar-refractivity contribution in [1.29, 1.82) is 0 Å². The molecule has 0 fully saturated rings. The SMILES string of the molecule is CC(C)c1ccc(-c2nnc(NC(=O)c3cccc(-n4ccnc4)n3)s2)cc1. The van der Waals surface area contributed by atoms with E-state index in [9.17, 15) is 4.79 Å². The smallest absolute Gasteiger partial charge is 0.276 e. The molecule has 140 valence electrons. The van der Waals surface area contributed by atoms with Gasteiger partial charge in [-0.1, -0.05) is 55.5 Å². The molecule has 4 rings (SSSR count). The van der Waals surface area contributed by atoms with E-state index >= 15 is 0 Å². The molecule has 1 N–H and O–H groups in total. The molecule has 0 saturated heterocycles. The summed E-state index contributed by atoms with van der Waals surface area (Å²) in [5.41, 5.74) is 2.54. The van der Waals surface area contributed by atoms with Gasteiger partial charge < -0.3 is 0 Å². The molecule has 28 heavy (non-hydrogen) atoms. The lowest BCUT2D eigenvalue weighted by molar-refractivity contribution is 0.102. The highest BCUT2D eigenvalue weighted by atomic mass is 32.1. The van der Waals surface area contributed by atoms with Gasteiger partial charge in [0.15, 0.2) is 0 Å². The Hall–Kier alpha value is -3.39. The summed E-state index contributed by atoms with van der Waals surface area (Å²) in [5, 5.41) is 12.2. The van der Waals surface area contributed by atoms with Crippen LogP contribution in [0.3, 0.4) is 0 Å². The molecule has 1 amide bonds. The maximum atomic E-state index is 12.5. The number of hydrogen-bond donors (Lipinski definition) is 1. The first-order chi connectivity index (χ1) is 13.6. The van der Waals surface area contributed by atoms with Crippen molar-refractivity contribution < 1.29 is 4.79 Å². The zero-order chi connectivity index (χ0) is 19.5. The average Bonchev–Trinajstić information content (AvgIpc) is 3.40. The number of imidazole rings is 1. The van der Waals surface area contributed by atoms with Crippen LogP contribution in [0.15, 0.2) is 61.2 Å². The molecule has 0 saturated carbocycles. The normalized spacial score (nSPS) is 11.0. The maximum Gasteiger partial charge on any atom is 0.276 e. The van der Waals surface area contributed by atoms with Crippen LogP contribution in [-0.4, -0.2) is 30.6 Å². The molecule has 8 heteroatoms. The molecular formula is C20H18N6OS. The molecule has 7 nitrogen and oxygen atoms in total. The van der Waals surface area contributed by atoms with Crippen LogP contribution in [0.2, 0.25) is 0 Å². The fraction of sp³-hybridized carbons (Fsp3) is 0.150. The van der Waals surface area contributed by atoms with Crippen molar-refractivity contribution in [1.82, 2.24) is 24.7 Å². The zero-order valence-corrected chi connectivity index (χ0v) is 16.2. The Morgan fingerprint density at radius 3 is 2.64 bits per heavy atom. The summed E-state index contributed by atoms with van der Waals surface area (Å²) in [6.45, 7) is 4.31. The van der Waals surface area contributed by atoms with Gasteiger partial charge in [-0.3, -0.25) is 14.7 Å². The van der Waals surface area contributed by atoms with Crippen molar-refractivity contribution >= 4 is 22.4 Å². The predicted octanol–water partition coefficient (Wildman–Crippen LogP) is 4.16. The number of hydrogen-bond acceptors (Lipinski definition) is 6. The highest BCUT2D eigenvalue weighted by Crippen LogP contribution is 2.28. The molecule has 0 bridgehead atoms. The van der Waals surface area contributed by atoms with Crippen LogP contribution in [0, 0.1) is 0 Å². The topological polar surface area (TPSA) is 85.6 Å². The van der Waals surface area contributed by atoms with Gasteiger partial charge in [0, 0.05) is 18.0 Å². The van der Waals surface area contributed by atoms with Crippen LogP contribution in [0.1, 0.15) is 35.8 Å². The molecule has 3 aromatic heterocycles. The minimum Gasteiger partial charge on any atom is -0.295 e. The molecule has 0 unspecified atom stereocenters. The number of pyridine rings is 1. The van der Waals surface area contributed by atoms with E-state index in [1.807, 2.05) is 18.2 Å². The molecule has 1 aromatic carbocycles. The van der Waals surface area contributed by atoms with Gasteiger partial charge in [0.1, 0.15) is 22.8 Å². The van der Waals surface area contributed by atoms with Crippen LogP contribution in [0.4, 0.5) is 5.13 Å². The van der Waals surface area contributed by atoms with E-state index in [1.54, 1.807) is 35.4 Å². The largest absolute Gasteiger partial charge is 0.295 e. The Balaban J connectivity index is 1.49. The molecule has 0 aliphatic rings. The third-order valence-electron chi connectivity index (χ3n) is 4.21. The lowest BCUT2D eigenvalue weighted by Crippen LogP contribution is -2.14. The van der Waals surface area contributed by atoms with Gasteiger partial charge in [-0.05, 0) is 23.6 Å². The van der Waals surface area contributed by atoms with Crippen molar-refractivity contribution in [3.8, 4) is 16.4 Å². The summed E-state index contributed by atoms with van der Waals surface area (Å²) in [6.07, 6.45) is 5.06.